The molecule has 4 heteroatoms. The van der Waals surface area contributed by atoms with E-state index in [9.17, 15) is 9.18 Å². The number of amides is 1. The van der Waals surface area contributed by atoms with E-state index < -0.39 is 0 Å². The highest BCUT2D eigenvalue weighted by molar-refractivity contribution is 9.10. The van der Waals surface area contributed by atoms with Crippen molar-refractivity contribution in [2.24, 2.45) is 0 Å². The maximum atomic E-state index is 13.4. The molecule has 1 N–H and O–H groups in total. The number of rotatable bonds is 5. The number of halogens is 2. The molecule has 0 aromatic heterocycles. The highest BCUT2D eigenvalue weighted by Gasteiger charge is 2.05. The van der Waals surface area contributed by atoms with Crippen LogP contribution < -0.4 is 5.32 Å². The summed E-state index contributed by atoms with van der Waals surface area (Å²) in [4.78, 5) is 11.7. The average molecular weight is 336 g/mol. The van der Waals surface area contributed by atoms with Crippen molar-refractivity contribution in [2.45, 2.75) is 19.4 Å². The number of hydrogen-bond acceptors (Lipinski definition) is 1. The van der Waals surface area contributed by atoms with Crippen molar-refractivity contribution in [3.8, 4) is 0 Å². The summed E-state index contributed by atoms with van der Waals surface area (Å²) in [6.07, 6.45) is 1.06. The Morgan fingerprint density at radius 1 is 1.15 bits per heavy atom. The van der Waals surface area contributed by atoms with Crippen LogP contribution in [0.5, 0.6) is 0 Å². The van der Waals surface area contributed by atoms with Crippen LogP contribution in [0.1, 0.15) is 17.5 Å². The second kappa shape index (κ2) is 7.20. The largest absolute Gasteiger partial charge is 0.352 e. The minimum atomic E-state index is -0.292. The molecule has 0 unspecified atom stereocenters. The summed E-state index contributed by atoms with van der Waals surface area (Å²) in [7, 11) is 0. The molecular formula is C16H15BrFNO. The smallest absolute Gasteiger partial charge is 0.220 e. The molecule has 0 spiro atoms. The number of hydrogen-bond donors (Lipinski definition) is 1. The molecule has 2 rings (SSSR count). The van der Waals surface area contributed by atoms with E-state index >= 15 is 0 Å². The second-order valence-corrected chi connectivity index (χ2v) is 5.41. The Hall–Kier alpha value is -1.68. The molecule has 0 atom stereocenters. The fourth-order valence-corrected chi connectivity index (χ4v) is 2.32. The van der Waals surface area contributed by atoms with Crippen LogP contribution in [0.15, 0.2) is 53.0 Å². The van der Waals surface area contributed by atoms with Crippen LogP contribution in [0.2, 0.25) is 0 Å². The first-order valence-electron chi connectivity index (χ1n) is 6.40. The van der Waals surface area contributed by atoms with Crippen LogP contribution in [0.3, 0.4) is 0 Å². The SMILES string of the molecule is O=C(CCc1cccc(Br)c1)NCc1ccccc1F. The van der Waals surface area contributed by atoms with Gasteiger partial charge in [0.15, 0.2) is 0 Å². The van der Waals surface area contributed by atoms with Gasteiger partial charge in [-0.2, -0.15) is 0 Å². The number of nitrogens with one attached hydrogen (secondary N) is 1. The highest BCUT2D eigenvalue weighted by atomic mass is 79.9. The van der Waals surface area contributed by atoms with Crippen LogP contribution in [0.4, 0.5) is 4.39 Å². The van der Waals surface area contributed by atoms with Gasteiger partial charge in [-0.15, -0.1) is 0 Å². The van der Waals surface area contributed by atoms with E-state index in [1.165, 1.54) is 6.07 Å². The predicted molar refractivity (Wildman–Crippen MR) is 80.7 cm³/mol. The summed E-state index contributed by atoms with van der Waals surface area (Å²) < 4.78 is 14.4. The van der Waals surface area contributed by atoms with Gasteiger partial charge in [0.2, 0.25) is 5.91 Å². The number of benzene rings is 2. The Bertz CT molecular complexity index is 601. The molecule has 2 aromatic rings. The lowest BCUT2D eigenvalue weighted by molar-refractivity contribution is -0.121. The fourth-order valence-electron chi connectivity index (χ4n) is 1.87. The average Bonchev–Trinajstić information content (AvgIpc) is 2.44. The van der Waals surface area contributed by atoms with Crippen molar-refractivity contribution >= 4 is 21.8 Å². The monoisotopic (exact) mass is 335 g/mol. The molecule has 0 saturated carbocycles. The van der Waals surface area contributed by atoms with Crippen LogP contribution in [-0.2, 0) is 17.8 Å². The van der Waals surface area contributed by atoms with Gasteiger partial charge in [0, 0.05) is 23.0 Å². The van der Waals surface area contributed by atoms with Crippen LogP contribution in [-0.4, -0.2) is 5.91 Å². The lowest BCUT2D eigenvalue weighted by atomic mass is 10.1. The predicted octanol–water partition coefficient (Wildman–Crippen LogP) is 3.84. The number of carbonyl (C=O) groups is 1. The Morgan fingerprint density at radius 3 is 2.70 bits per heavy atom. The Kier molecular flexibility index (Phi) is 5.30. The van der Waals surface area contributed by atoms with E-state index in [1.807, 2.05) is 24.3 Å². The molecule has 20 heavy (non-hydrogen) atoms. The minimum absolute atomic E-state index is 0.0757. The normalized spacial score (nSPS) is 10.3. The molecule has 0 heterocycles. The van der Waals surface area contributed by atoms with Gasteiger partial charge in [0.1, 0.15) is 5.82 Å². The molecular weight excluding hydrogens is 321 g/mol. The summed E-state index contributed by atoms with van der Waals surface area (Å²) in [5.74, 6) is -0.368. The Labute approximate surface area is 126 Å². The van der Waals surface area contributed by atoms with Gasteiger partial charge in [-0.3, -0.25) is 4.79 Å². The molecule has 0 bridgehead atoms. The van der Waals surface area contributed by atoms with E-state index in [2.05, 4.69) is 21.2 Å². The van der Waals surface area contributed by atoms with Gasteiger partial charge < -0.3 is 5.32 Å². The standard InChI is InChI=1S/C16H15BrFNO/c17-14-6-3-4-12(10-14)8-9-16(20)19-11-13-5-1-2-7-15(13)18/h1-7,10H,8-9,11H2,(H,19,20). The van der Waals surface area contributed by atoms with Gasteiger partial charge in [-0.25, -0.2) is 4.39 Å². The topological polar surface area (TPSA) is 29.1 Å². The van der Waals surface area contributed by atoms with Gasteiger partial charge in [0.25, 0.3) is 0 Å². The van der Waals surface area contributed by atoms with Gasteiger partial charge >= 0.3 is 0 Å². The zero-order chi connectivity index (χ0) is 14.4. The summed E-state index contributed by atoms with van der Waals surface area (Å²) >= 11 is 3.40. The first kappa shape index (κ1) is 14.7. The van der Waals surface area contributed by atoms with Crippen molar-refractivity contribution in [3.63, 3.8) is 0 Å². The van der Waals surface area contributed by atoms with E-state index in [-0.39, 0.29) is 18.3 Å². The molecule has 0 aliphatic carbocycles. The third-order valence-electron chi connectivity index (χ3n) is 2.96. The highest BCUT2D eigenvalue weighted by Crippen LogP contribution is 2.13. The zero-order valence-electron chi connectivity index (χ0n) is 10.9. The molecule has 1 amide bonds. The van der Waals surface area contributed by atoms with E-state index in [1.54, 1.807) is 18.2 Å². The summed E-state index contributed by atoms with van der Waals surface area (Å²) in [5, 5.41) is 2.73. The Balaban J connectivity index is 1.80. The minimum Gasteiger partial charge on any atom is -0.352 e. The van der Waals surface area contributed by atoms with Crippen molar-refractivity contribution in [1.82, 2.24) is 5.32 Å². The van der Waals surface area contributed by atoms with Crippen LogP contribution >= 0.6 is 15.9 Å². The quantitative estimate of drug-likeness (QED) is 0.883. The molecule has 0 radical (unpaired) electrons. The van der Waals surface area contributed by atoms with Crippen molar-refractivity contribution < 1.29 is 9.18 Å². The maximum Gasteiger partial charge on any atom is 0.220 e. The first-order valence-corrected chi connectivity index (χ1v) is 7.19. The molecule has 0 saturated heterocycles. The molecule has 0 aliphatic heterocycles. The Morgan fingerprint density at radius 2 is 1.95 bits per heavy atom. The van der Waals surface area contributed by atoms with Crippen molar-refractivity contribution in [2.75, 3.05) is 0 Å². The van der Waals surface area contributed by atoms with Gasteiger partial charge in [0.05, 0.1) is 0 Å². The summed E-state index contributed by atoms with van der Waals surface area (Å²) in [5.41, 5.74) is 1.60. The first-order chi connectivity index (χ1) is 9.65. The van der Waals surface area contributed by atoms with Crippen LogP contribution in [0.25, 0.3) is 0 Å². The van der Waals surface area contributed by atoms with E-state index in [0.717, 1.165) is 10.0 Å². The number of aryl methyl sites for hydroxylation is 1. The lowest BCUT2D eigenvalue weighted by Gasteiger charge is -2.06. The molecule has 0 aliphatic rings. The summed E-state index contributed by atoms with van der Waals surface area (Å²) in [6.45, 7) is 0.226. The van der Waals surface area contributed by atoms with Crippen molar-refractivity contribution in [1.29, 1.82) is 0 Å². The van der Waals surface area contributed by atoms with Gasteiger partial charge in [-0.05, 0) is 30.2 Å². The third-order valence-corrected chi connectivity index (χ3v) is 3.46. The van der Waals surface area contributed by atoms with E-state index in [0.29, 0.717) is 18.4 Å². The zero-order valence-corrected chi connectivity index (χ0v) is 12.5. The van der Waals surface area contributed by atoms with E-state index in [4.69, 9.17) is 0 Å². The van der Waals surface area contributed by atoms with Gasteiger partial charge in [-0.1, -0.05) is 46.3 Å². The molecule has 2 aromatic carbocycles. The second-order valence-electron chi connectivity index (χ2n) is 4.50. The lowest BCUT2D eigenvalue weighted by Crippen LogP contribution is -2.23. The maximum absolute atomic E-state index is 13.4. The van der Waals surface area contributed by atoms with Crippen LogP contribution in [0, 0.1) is 5.82 Å². The third kappa shape index (κ3) is 4.46. The molecule has 0 fully saturated rings. The summed E-state index contributed by atoms with van der Waals surface area (Å²) in [6, 6.07) is 14.3. The molecule has 104 valence electrons. The fraction of sp³-hybridized carbons (Fsp3) is 0.188. The number of carbonyl (C=O) groups excluding carboxylic acids is 1. The molecule has 2 nitrogen and oxygen atoms in total. The van der Waals surface area contributed by atoms with Crippen molar-refractivity contribution in [3.05, 3.63) is 69.9 Å².